The van der Waals surface area contributed by atoms with Crippen molar-refractivity contribution in [2.45, 2.75) is 37.5 Å². The Morgan fingerprint density at radius 2 is 1.93 bits per heavy atom. The highest BCUT2D eigenvalue weighted by atomic mass is 16.6. The number of aliphatic hydroxyl groups is 3. The molecule has 0 bridgehead atoms. The van der Waals surface area contributed by atoms with Gasteiger partial charge in [0.25, 0.3) is 0 Å². The van der Waals surface area contributed by atoms with Crippen LogP contribution in [0, 0.1) is 0 Å². The Morgan fingerprint density at radius 1 is 1.17 bits per heavy atom. The van der Waals surface area contributed by atoms with E-state index >= 15 is 0 Å². The molecule has 1 aliphatic heterocycles. The van der Waals surface area contributed by atoms with Crippen molar-refractivity contribution in [2.75, 3.05) is 19.0 Å². The number of methoxy groups -OCH3 is 1. The van der Waals surface area contributed by atoms with Gasteiger partial charge in [0, 0.05) is 0 Å². The molecule has 10 heteroatoms. The van der Waals surface area contributed by atoms with Crippen LogP contribution >= 0.6 is 0 Å². The second-order valence-corrected chi connectivity index (χ2v) is 6.91. The Kier molecular flexibility index (Phi) is 5.33. The predicted octanol–water partition coefficient (Wildman–Crippen LogP) is 0.619. The SMILES string of the molecule is COc1ccc([C@@H](C)Nc2ncnc3c2ncn3[C@@H]2O[C@H](CO)[C@H](O)C2O)cc1. The maximum atomic E-state index is 10.3. The molecule has 1 aromatic carbocycles. The van der Waals surface area contributed by atoms with Gasteiger partial charge in [0.15, 0.2) is 23.2 Å². The van der Waals surface area contributed by atoms with Crippen LogP contribution in [0.3, 0.4) is 0 Å². The third kappa shape index (κ3) is 3.51. The molecule has 4 rings (SSSR count). The van der Waals surface area contributed by atoms with E-state index in [0.29, 0.717) is 17.0 Å². The van der Waals surface area contributed by atoms with E-state index in [0.717, 1.165) is 11.3 Å². The molecule has 0 aliphatic carbocycles. The molecule has 29 heavy (non-hydrogen) atoms. The van der Waals surface area contributed by atoms with Crippen LogP contribution in [0.5, 0.6) is 5.75 Å². The van der Waals surface area contributed by atoms with Gasteiger partial charge in [0.2, 0.25) is 0 Å². The Bertz CT molecular complexity index is 979. The molecule has 0 radical (unpaired) electrons. The second-order valence-electron chi connectivity index (χ2n) is 6.91. The quantitative estimate of drug-likeness (QED) is 0.469. The van der Waals surface area contributed by atoms with Gasteiger partial charge < -0.3 is 30.1 Å². The molecule has 5 atom stereocenters. The summed E-state index contributed by atoms with van der Waals surface area (Å²) in [4.78, 5) is 12.9. The molecule has 1 unspecified atom stereocenters. The van der Waals surface area contributed by atoms with E-state index in [1.54, 1.807) is 7.11 Å². The Balaban J connectivity index is 1.60. The van der Waals surface area contributed by atoms with Gasteiger partial charge in [-0.25, -0.2) is 15.0 Å². The second kappa shape index (κ2) is 7.91. The fourth-order valence-corrected chi connectivity index (χ4v) is 3.43. The number of nitrogens with one attached hydrogen (secondary N) is 1. The minimum atomic E-state index is -1.21. The summed E-state index contributed by atoms with van der Waals surface area (Å²) in [6.45, 7) is 1.60. The number of imidazole rings is 1. The number of hydrogen-bond acceptors (Lipinski definition) is 9. The zero-order valence-electron chi connectivity index (χ0n) is 16.0. The van der Waals surface area contributed by atoms with E-state index in [2.05, 4.69) is 20.3 Å². The first-order valence-electron chi connectivity index (χ1n) is 9.24. The molecule has 0 saturated carbocycles. The molecule has 10 nitrogen and oxygen atoms in total. The summed E-state index contributed by atoms with van der Waals surface area (Å²) in [6, 6.07) is 7.65. The number of aliphatic hydroxyl groups excluding tert-OH is 3. The molecule has 2 aromatic heterocycles. The van der Waals surface area contributed by atoms with Gasteiger partial charge in [-0.1, -0.05) is 12.1 Å². The highest BCUT2D eigenvalue weighted by Crippen LogP contribution is 2.32. The fraction of sp³-hybridized carbons (Fsp3) is 0.421. The maximum absolute atomic E-state index is 10.3. The lowest BCUT2D eigenvalue weighted by Gasteiger charge is -2.17. The molecule has 4 N–H and O–H groups in total. The van der Waals surface area contributed by atoms with E-state index in [4.69, 9.17) is 9.47 Å². The molecule has 1 saturated heterocycles. The molecule has 1 fully saturated rings. The number of nitrogens with zero attached hydrogens (tertiary/aromatic N) is 4. The maximum Gasteiger partial charge on any atom is 0.167 e. The van der Waals surface area contributed by atoms with Crippen molar-refractivity contribution >= 4 is 17.0 Å². The number of benzene rings is 1. The first kappa shape index (κ1) is 19.5. The van der Waals surface area contributed by atoms with Crippen molar-refractivity contribution in [1.82, 2.24) is 19.5 Å². The van der Waals surface area contributed by atoms with E-state index < -0.39 is 31.1 Å². The van der Waals surface area contributed by atoms with Crippen molar-refractivity contribution in [3.63, 3.8) is 0 Å². The molecular weight excluding hydrogens is 378 g/mol. The average molecular weight is 401 g/mol. The molecule has 1 aliphatic rings. The lowest BCUT2D eigenvalue weighted by Crippen LogP contribution is -2.33. The summed E-state index contributed by atoms with van der Waals surface area (Å²) in [6.07, 6.45) is -1.32. The summed E-state index contributed by atoms with van der Waals surface area (Å²) in [5.41, 5.74) is 1.99. The lowest BCUT2D eigenvalue weighted by molar-refractivity contribution is -0.0511. The van der Waals surface area contributed by atoms with E-state index in [9.17, 15) is 15.3 Å². The minimum absolute atomic E-state index is 0.0573. The monoisotopic (exact) mass is 401 g/mol. The number of aromatic nitrogens is 4. The summed E-state index contributed by atoms with van der Waals surface area (Å²) in [7, 11) is 1.62. The number of anilines is 1. The zero-order valence-corrected chi connectivity index (χ0v) is 16.0. The van der Waals surface area contributed by atoms with Gasteiger partial charge in [-0.15, -0.1) is 0 Å². The summed E-state index contributed by atoms with van der Waals surface area (Å²) in [5, 5.41) is 32.9. The molecule has 154 valence electrons. The van der Waals surface area contributed by atoms with Gasteiger partial charge in [0.05, 0.1) is 26.1 Å². The van der Waals surface area contributed by atoms with Crippen LogP contribution in [0.15, 0.2) is 36.9 Å². The van der Waals surface area contributed by atoms with Crippen LogP contribution in [0.2, 0.25) is 0 Å². The van der Waals surface area contributed by atoms with Gasteiger partial charge in [-0.2, -0.15) is 0 Å². The van der Waals surface area contributed by atoms with Gasteiger partial charge >= 0.3 is 0 Å². The number of rotatable bonds is 6. The Hall–Kier alpha value is -2.79. The van der Waals surface area contributed by atoms with E-state index in [1.165, 1.54) is 17.2 Å². The smallest absolute Gasteiger partial charge is 0.167 e. The van der Waals surface area contributed by atoms with Gasteiger partial charge in [-0.05, 0) is 24.6 Å². The molecule has 3 heterocycles. The average Bonchev–Trinajstić information content (AvgIpc) is 3.30. The zero-order chi connectivity index (χ0) is 20.5. The standard InChI is InChI=1S/C19H23N5O5/c1-10(11-3-5-12(28-2)6-4-11)23-17-14-18(21-8-20-17)24(9-22-14)19-16(27)15(26)13(7-25)29-19/h3-6,8-10,13,15-16,19,25-27H,7H2,1-2H3,(H,20,21,23)/t10-,13-,15+,16?,19-/m1/s1. The molecule has 3 aromatic rings. The molecular formula is C19H23N5O5. The van der Waals surface area contributed by atoms with Crippen molar-refractivity contribution < 1.29 is 24.8 Å². The van der Waals surface area contributed by atoms with Crippen LogP contribution in [0.25, 0.3) is 11.2 Å². The minimum Gasteiger partial charge on any atom is -0.497 e. The number of fused-ring (bicyclic) bond motifs is 1. The topological polar surface area (TPSA) is 135 Å². The van der Waals surface area contributed by atoms with Crippen molar-refractivity contribution in [3.8, 4) is 5.75 Å². The van der Waals surface area contributed by atoms with E-state index in [1.807, 2.05) is 31.2 Å². The highest BCUT2D eigenvalue weighted by molar-refractivity contribution is 5.82. The normalized spacial score (nSPS) is 25.3. The van der Waals surface area contributed by atoms with Gasteiger partial charge in [-0.3, -0.25) is 4.57 Å². The van der Waals surface area contributed by atoms with Crippen LogP contribution in [-0.2, 0) is 4.74 Å². The van der Waals surface area contributed by atoms with Crippen LogP contribution < -0.4 is 10.1 Å². The summed E-state index contributed by atoms with van der Waals surface area (Å²) in [5.74, 6) is 1.31. The summed E-state index contributed by atoms with van der Waals surface area (Å²) < 4.78 is 12.3. The lowest BCUT2D eigenvalue weighted by atomic mass is 10.1. The predicted molar refractivity (Wildman–Crippen MR) is 103 cm³/mol. The first-order chi connectivity index (χ1) is 14.0. The molecule has 0 spiro atoms. The van der Waals surface area contributed by atoms with Crippen LogP contribution in [-0.4, -0.2) is 66.9 Å². The fourth-order valence-electron chi connectivity index (χ4n) is 3.43. The largest absolute Gasteiger partial charge is 0.497 e. The number of hydrogen-bond donors (Lipinski definition) is 4. The number of ether oxygens (including phenoxy) is 2. The van der Waals surface area contributed by atoms with Crippen molar-refractivity contribution in [3.05, 3.63) is 42.5 Å². The van der Waals surface area contributed by atoms with Gasteiger partial charge in [0.1, 0.15) is 30.4 Å². The summed E-state index contributed by atoms with van der Waals surface area (Å²) >= 11 is 0. The van der Waals surface area contributed by atoms with Crippen LogP contribution in [0.1, 0.15) is 24.8 Å². The first-order valence-corrected chi connectivity index (χ1v) is 9.24. The van der Waals surface area contributed by atoms with E-state index in [-0.39, 0.29) is 6.04 Å². The van der Waals surface area contributed by atoms with Crippen molar-refractivity contribution in [1.29, 1.82) is 0 Å². The molecule has 0 amide bonds. The third-order valence-corrected chi connectivity index (χ3v) is 5.12. The third-order valence-electron chi connectivity index (χ3n) is 5.12. The van der Waals surface area contributed by atoms with Crippen LogP contribution in [0.4, 0.5) is 5.82 Å². The Morgan fingerprint density at radius 3 is 2.59 bits per heavy atom. The highest BCUT2D eigenvalue weighted by Gasteiger charge is 2.44. The Labute approximate surface area is 166 Å². The van der Waals surface area contributed by atoms with Crippen molar-refractivity contribution in [2.24, 2.45) is 0 Å².